The molecule has 0 aliphatic heterocycles. The van der Waals surface area contributed by atoms with Crippen molar-refractivity contribution in [1.29, 1.82) is 0 Å². The first-order chi connectivity index (χ1) is 11.9. The number of rotatable bonds is 3. The summed E-state index contributed by atoms with van der Waals surface area (Å²) in [6.07, 6.45) is 1.12. The number of benzene rings is 2. The Balaban J connectivity index is 1.80. The molecule has 0 spiro atoms. The summed E-state index contributed by atoms with van der Waals surface area (Å²) in [5.41, 5.74) is 3.75. The summed E-state index contributed by atoms with van der Waals surface area (Å²) in [5, 5.41) is 0. The number of allylic oxidation sites excluding steroid dienone is 1. The van der Waals surface area contributed by atoms with Crippen LogP contribution in [0.5, 0.6) is 5.75 Å². The Bertz CT molecular complexity index is 776. The zero-order valence-corrected chi connectivity index (χ0v) is 13.7. The first-order valence-corrected chi connectivity index (χ1v) is 8.15. The zero-order chi connectivity index (χ0) is 18.0. The fourth-order valence-corrected chi connectivity index (χ4v) is 3.32. The minimum absolute atomic E-state index is 0.237. The van der Waals surface area contributed by atoms with Gasteiger partial charge in [0.25, 0.3) is 0 Å². The second kappa shape index (κ2) is 6.90. The molecule has 1 aliphatic rings. The monoisotopic (exact) mass is 350 g/mol. The Morgan fingerprint density at radius 3 is 2.44 bits per heavy atom. The van der Waals surface area contributed by atoms with Crippen LogP contribution in [0.4, 0.5) is 17.6 Å². The standard InChI is InChI=1S/C20H18F4O/c1-2-3-13-4-6-14(7-5-13)15-8-9-16-12-19(25-20(22,23)24)18(21)11-17(16)10-15/h2-7,11-12,15H,8-10H2,1H3/b3-2+. The van der Waals surface area contributed by atoms with Crippen LogP contribution in [0.1, 0.15) is 41.5 Å². The van der Waals surface area contributed by atoms with Crippen LogP contribution >= 0.6 is 0 Å². The Morgan fingerprint density at radius 2 is 1.80 bits per heavy atom. The lowest BCUT2D eigenvalue weighted by atomic mass is 9.80. The van der Waals surface area contributed by atoms with Crippen molar-refractivity contribution in [1.82, 2.24) is 0 Å². The first kappa shape index (κ1) is 17.5. The number of ether oxygens (including phenoxy) is 1. The molecule has 0 amide bonds. The summed E-state index contributed by atoms with van der Waals surface area (Å²) in [6.45, 7) is 1.96. The van der Waals surface area contributed by atoms with Crippen molar-refractivity contribution in [2.45, 2.75) is 38.5 Å². The smallest absolute Gasteiger partial charge is 0.403 e. The van der Waals surface area contributed by atoms with Gasteiger partial charge < -0.3 is 4.74 Å². The molecule has 1 nitrogen and oxygen atoms in total. The maximum Gasteiger partial charge on any atom is 0.573 e. The average Bonchev–Trinajstić information content (AvgIpc) is 2.55. The van der Waals surface area contributed by atoms with E-state index < -0.39 is 17.9 Å². The molecule has 0 radical (unpaired) electrons. The molecule has 0 bridgehead atoms. The van der Waals surface area contributed by atoms with E-state index in [4.69, 9.17) is 0 Å². The summed E-state index contributed by atoms with van der Waals surface area (Å²) in [4.78, 5) is 0. The highest BCUT2D eigenvalue weighted by Gasteiger charge is 2.33. The van der Waals surface area contributed by atoms with Crippen LogP contribution in [0.2, 0.25) is 0 Å². The molecule has 132 valence electrons. The van der Waals surface area contributed by atoms with Gasteiger partial charge in [-0.15, -0.1) is 13.2 Å². The molecule has 3 rings (SSSR count). The third-order valence-corrected chi connectivity index (χ3v) is 4.48. The third-order valence-electron chi connectivity index (χ3n) is 4.48. The number of fused-ring (bicyclic) bond motifs is 1. The van der Waals surface area contributed by atoms with Gasteiger partial charge in [0.15, 0.2) is 11.6 Å². The van der Waals surface area contributed by atoms with Crippen molar-refractivity contribution in [2.24, 2.45) is 0 Å². The van der Waals surface area contributed by atoms with Crippen LogP contribution in [0.25, 0.3) is 6.08 Å². The SMILES string of the molecule is C/C=C/c1ccc(C2CCc3cc(OC(F)(F)F)c(F)cc3C2)cc1. The van der Waals surface area contributed by atoms with Gasteiger partial charge >= 0.3 is 6.36 Å². The molecule has 0 saturated heterocycles. The van der Waals surface area contributed by atoms with E-state index in [2.05, 4.69) is 16.9 Å². The topological polar surface area (TPSA) is 9.23 Å². The molecule has 0 saturated carbocycles. The van der Waals surface area contributed by atoms with Gasteiger partial charge in [-0.25, -0.2) is 4.39 Å². The molecule has 2 aromatic rings. The van der Waals surface area contributed by atoms with Gasteiger partial charge in [0.05, 0.1) is 0 Å². The van der Waals surface area contributed by atoms with E-state index in [1.807, 2.05) is 31.2 Å². The minimum Gasteiger partial charge on any atom is -0.403 e. The van der Waals surface area contributed by atoms with Crippen molar-refractivity contribution in [2.75, 3.05) is 0 Å². The van der Waals surface area contributed by atoms with Gasteiger partial charge in [-0.3, -0.25) is 0 Å². The van der Waals surface area contributed by atoms with Crippen molar-refractivity contribution in [3.05, 3.63) is 70.5 Å². The van der Waals surface area contributed by atoms with Gasteiger partial charge in [0.2, 0.25) is 0 Å². The maximum atomic E-state index is 13.9. The molecule has 0 heterocycles. The molecule has 1 unspecified atom stereocenters. The second-order valence-corrected chi connectivity index (χ2v) is 6.21. The summed E-state index contributed by atoms with van der Waals surface area (Å²) in [6, 6.07) is 10.5. The molecule has 2 aromatic carbocycles. The van der Waals surface area contributed by atoms with Gasteiger partial charge in [-0.05, 0) is 66.5 Å². The van der Waals surface area contributed by atoms with E-state index in [1.54, 1.807) is 0 Å². The molecule has 0 aromatic heterocycles. The Hall–Kier alpha value is -2.30. The number of hydrogen-bond acceptors (Lipinski definition) is 1. The van der Waals surface area contributed by atoms with Crippen LogP contribution in [-0.2, 0) is 12.8 Å². The molecule has 5 heteroatoms. The molecule has 0 N–H and O–H groups in total. The summed E-state index contributed by atoms with van der Waals surface area (Å²) >= 11 is 0. The maximum absolute atomic E-state index is 13.9. The van der Waals surface area contributed by atoms with Gasteiger partial charge in [-0.2, -0.15) is 0 Å². The van der Waals surface area contributed by atoms with Crippen LogP contribution in [0.15, 0.2) is 42.5 Å². The highest BCUT2D eigenvalue weighted by atomic mass is 19.4. The van der Waals surface area contributed by atoms with Crippen molar-refractivity contribution in [3.63, 3.8) is 0 Å². The van der Waals surface area contributed by atoms with E-state index >= 15 is 0 Å². The fraction of sp³-hybridized carbons (Fsp3) is 0.300. The highest BCUT2D eigenvalue weighted by Crippen LogP contribution is 2.36. The molecule has 0 fully saturated rings. The van der Waals surface area contributed by atoms with E-state index in [-0.39, 0.29) is 5.92 Å². The molecular weight excluding hydrogens is 332 g/mol. The quantitative estimate of drug-likeness (QED) is 0.614. The van der Waals surface area contributed by atoms with Gasteiger partial charge in [0, 0.05) is 0 Å². The molecule has 1 atom stereocenters. The van der Waals surface area contributed by atoms with Crippen molar-refractivity contribution >= 4 is 6.08 Å². The first-order valence-electron chi connectivity index (χ1n) is 8.15. The average molecular weight is 350 g/mol. The minimum atomic E-state index is -4.89. The lowest BCUT2D eigenvalue weighted by molar-refractivity contribution is -0.275. The Labute approximate surface area is 143 Å². The summed E-state index contributed by atoms with van der Waals surface area (Å²) in [7, 11) is 0. The van der Waals surface area contributed by atoms with Gasteiger partial charge in [-0.1, -0.05) is 36.4 Å². The van der Waals surface area contributed by atoms with Crippen LogP contribution in [0, 0.1) is 5.82 Å². The van der Waals surface area contributed by atoms with E-state index in [9.17, 15) is 17.6 Å². The Kier molecular flexibility index (Phi) is 4.84. The van der Waals surface area contributed by atoms with Crippen molar-refractivity contribution < 1.29 is 22.3 Å². The van der Waals surface area contributed by atoms with Crippen molar-refractivity contribution in [3.8, 4) is 5.75 Å². The highest BCUT2D eigenvalue weighted by molar-refractivity contribution is 5.50. The molecular formula is C20H18F4O. The summed E-state index contributed by atoms with van der Waals surface area (Å²) in [5.74, 6) is -1.48. The normalized spacial score (nSPS) is 17.6. The Morgan fingerprint density at radius 1 is 1.08 bits per heavy atom. The van der Waals surface area contributed by atoms with Crippen LogP contribution in [-0.4, -0.2) is 6.36 Å². The van der Waals surface area contributed by atoms with Gasteiger partial charge in [0.1, 0.15) is 0 Å². The van der Waals surface area contributed by atoms with E-state index in [1.165, 1.54) is 12.1 Å². The lowest BCUT2D eigenvalue weighted by Gasteiger charge is -2.26. The lowest BCUT2D eigenvalue weighted by Crippen LogP contribution is -2.19. The van der Waals surface area contributed by atoms with Crippen LogP contribution < -0.4 is 4.74 Å². The fourth-order valence-electron chi connectivity index (χ4n) is 3.32. The van der Waals surface area contributed by atoms with Crippen LogP contribution in [0.3, 0.4) is 0 Å². The molecule has 25 heavy (non-hydrogen) atoms. The predicted molar refractivity (Wildman–Crippen MR) is 89.0 cm³/mol. The zero-order valence-electron chi connectivity index (χ0n) is 13.7. The number of halogens is 4. The molecule has 1 aliphatic carbocycles. The largest absolute Gasteiger partial charge is 0.573 e. The third kappa shape index (κ3) is 4.21. The second-order valence-electron chi connectivity index (χ2n) is 6.21. The number of alkyl halides is 3. The summed E-state index contributed by atoms with van der Waals surface area (Å²) < 4.78 is 54.7. The predicted octanol–water partition coefficient (Wildman–Crippen LogP) is 6.03. The number of aryl methyl sites for hydroxylation is 1. The number of hydrogen-bond donors (Lipinski definition) is 0. The van der Waals surface area contributed by atoms with E-state index in [0.717, 1.165) is 28.7 Å². The van der Waals surface area contributed by atoms with E-state index in [0.29, 0.717) is 12.8 Å².